The number of hydrogen-bond donors (Lipinski definition) is 1. The zero-order chi connectivity index (χ0) is 5.86. The summed E-state index contributed by atoms with van der Waals surface area (Å²) in [5, 5.41) is 0. The molecule has 48 valence electrons. The predicted molar refractivity (Wildman–Crippen MR) is 38.8 cm³/mol. The number of nitrogens with two attached hydrogens (primary N) is 1. The van der Waals surface area contributed by atoms with Crippen molar-refractivity contribution < 1.29 is 0 Å². The van der Waals surface area contributed by atoms with Crippen molar-refractivity contribution in [2.24, 2.45) is 10.7 Å². The van der Waals surface area contributed by atoms with Crippen LogP contribution in [0.5, 0.6) is 0 Å². The summed E-state index contributed by atoms with van der Waals surface area (Å²) >= 11 is 0. The van der Waals surface area contributed by atoms with Gasteiger partial charge in [0.2, 0.25) is 0 Å². The average Bonchev–Trinajstić information content (AvgIpc) is 1.27. The topological polar surface area (TPSA) is 38.4 Å². The quantitative estimate of drug-likeness (QED) is 0.516. The summed E-state index contributed by atoms with van der Waals surface area (Å²) < 4.78 is 0. The highest BCUT2D eigenvalue weighted by atomic mass is 14.9. The van der Waals surface area contributed by atoms with E-state index in [4.69, 9.17) is 5.73 Å². The van der Waals surface area contributed by atoms with Crippen LogP contribution in [0.25, 0.3) is 0 Å². The van der Waals surface area contributed by atoms with Crippen molar-refractivity contribution in [1.82, 2.24) is 0 Å². The SMILES string of the molecule is C.C=C(N)N=C(C)C. The van der Waals surface area contributed by atoms with E-state index in [-0.39, 0.29) is 7.43 Å². The molecule has 0 radical (unpaired) electrons. The molecule has 8 heavy (non-hydrogen) atoms. The molecule has 0 heterocycles. The molecular formula is C6H14N2. The van der Waals surface area contributed by atoms with Crippen LogP contribution in [-0.4, -0.2) is 5.71 Å². The molecule has 2 N–H and O–H groups in total. The van der Waals surface area contributed by atoms with E-state index in [0.29, 0.717) is 5.82 Å². The van der Waals surface area contributed by atoms with Gasteiger partial charge in [-0.3, -0.25) is 0 Å². The zero-order valence-corrected chi connectivity index (χ0v) is 4.73. The smallest absolute Gasteiger partial charge is 0.115 e. The summed E-state index contributed by atoms with van der Waals surface area (Å²) in [4.78, 5) is 3.78. The highest BCUT2D eigenvalue weighted by Crippen LogP contribution is 1.80. The molecule has 0 unspecified atom stereocenters. The number of hydrogen-bond acceptors (Lipinski definition) is 2. The van der Waals surface area contributed by atoms with Crippen molar-refractivity contribution in [1.29, 1.82) is 0 Å². The van der Waals surface area contributed by atoms with E-state index < -0.39 is 0 Å². The van der Waals surface area contributed by atoms with Gasteiger partial charge in [-0.05, 0) is 13.8 Å². The van der Waals surface area contributed by atoms with Crippen LogP contribution in [0.4, 0.5) is 0 Å². The minimum absolute atomic E-state index is 0. The maximum absolute atomic E-state index is 5.11. The maximum atomic E-state index is 5.11. The third-order valence-electron chi connectivity index (χ3n) is 0.367. The third kappa shape index (κ3) is 8.96. The zero-order valence-electron chi connectivity index (χ0n) is 4.73. The fraction of sp³-hybridized carbons (Fsp3) is 0.500. The first-order valence-electron chi connectivity index (χ1n) is 2.09. The van der Waals surface area contributed by atoms with E-state index in [2.05, 4.69) is 11.6 Å². The van der Waals surface area contributed by atoms with E-state index in [1.54, 1.807) is 0 Å². The van der Waals surface area contributed by atoms with E-state index in [1.165, 1.54) is 0 Å². The summed E-state index contributed by atoms with van der Waals surface area (Å²) in [5.41, 5.74) is 6.05. The Bertz CT molecular complexity index is 99.1. The summed E-state index contributed by atoms with van der Waals surface area (Å²) in [7, 11) is 0. The summed E-state index contributed by atoms with van der Waals surface area (Å²) in [6, 6.07) is 0. The first-order chi connectivity index (χ1) is 3.13. The molecule has 0 saturated heterocycles. The lowest BCUT2D eigenvalue weighted by Gasteiger charge is -1.86. The van der Waals surface area contributed by atoms with Gasteiger partial charge in [0.25, 0.3) is 0 Å². The molecule has 0 aliphatic heterocycles. The monoisotopic (exact) mass is 114 g/mol. The number of nitrogens with zero attached hydrogens (tertiary/aromatic N) is 1. The van der Waals surface area contributed by atoms with Gasteiger partial charge in [-0.25, -0.2) is 4.99 Å². The Morgan fingerprint density at radius 1 is 1.50 bits per heavy atom. The predicted octanol–water partition coefficient (Wildman–Crippen LogP) is 1.53. The van der Waals surface area contributed by atoms with E-state index in [1.807, 2.05) is 13.8 Å². The lowest BCUT2D eigenvalue weighted by Crippen LogP contribution is -1.92. The Labute approximate surface area is 51.1 Å². The van der Waals surface area contributed by atoms with Crippen molar-refractivity contribution in [2.75, 3.05) is 0 Å². The highest BCUT2D eigenvalue weighted by molar-refractivity contribution is 5.79. The van der Waals surface area contributed by atoms with Crippen LogP contribution in [0.3, 0.4) is 0 Å². The molecule has 0 aromatic heterocycles. The van der Waals surface area contributed by atoms with Crippen LogP contribution in [0.1, 0.15) is 21.3 Å². The summed E-state index contributed by atoms with van der Waals surface area (Å²) in [5.74, 6) is 0.375. The molecular weight excluding hydrogens is 100 g/mol. The van der Waals surface area contributed by atoms with Crippen molar-refractivity contribution >= 4 is 5.71 Å². The molecule has 0 aromatic rings. The molecule has 2 heteroatoms. The van der Waals surface area contributed by atoms with Gasteiger partial charge in [0.1, 0.15) is 5.82 Å². The Morgan fingerprint density at radius 3 is 1.88 bits per heavy atom. The minimum Gasteiger partial charge on any atom is -0.384 e. The minimum atomic E-state index is 0. The molecule has 0 bridgehead atoms. The van der Waals surface area contributed by atoms with Gasteiger partial charge in [0.15, 0.2) is 0 Å². The van der Waals surface area contributed by atoms with Crippen molar-refractivity contribution in [2.45, 2.75) is 21.3 Å². The second-order valence-electron chi connectivity index (χ2n) is 1.55. The molecule has 0 atom stereocenters. The van der Waals surface area contributed by atoms with Crippen LogP contribution in [-0.2, 0) is 0 Å². The van der Waals surface area contributed by atoms with Gasteiger partial charge < -0.3 is 5.73 Å². The fourth-order valence-electron chi connectivity index (χ4n) is 0.287. The second-order valence-corrected chi connectivity index (χ2v) is 1.55. The number of rotatable bonds is 1. The third-order valence-corrected chi connectivity index (χ3v) is 0.367. The van der Waals surface area contributed by atoms with Gasteiger partial charge in [-0.15, -0.1) is 0 Å². The average molecular weight is 114 g/mol. The Hall–Kier alpha value is -0.790. The van der Waals surface area contributed by atoms with Gasteiger partial charge in [0, 0.05) is 5.71 Å². The second kappa shape index (κ2) is 4.37. The summed E-state index contributed by atoms with van der Waals surface area (Å²) in [6.45, 7) is 7.13. The molecule has 0 spiro atoms. The van der Waals surface area contributed by atoms with Crippen LogP contribution < -0.4 is 5.73 Å². The Kier molecular flexibility index (Phi) is 5.60. The molecule has 2 nitrogen and oxygen atoms in total. The standard InChI is InChI=1S/C5H10N2.CH4/c1-4(2)7-5(3)6;/h3,6H2,1-2H3;1H4. The van der Waals surface area contributed by atoms with Gasteiger partial charge in [-0.2, -0.15) is 0 Å². The molecule has 0 saturated carbocycles. The molecule has 0 fully saturated rings. The molecule has 0 aromatic carbocycles. The van der Waals surface area contributed by atoms with Crippen molar-refractivity contribution in [3.63, 3.8) is 0 Å². The van der Waals surface area contributed by atoms with E-state index in [9.17, 15) is 0 Å². The van der Waals surface area contributed by atoms with Crippen molar-refractivity contribution in [3.8, 4) is 0 Å². The van der Waals surface area contributed by atoms with E-state index in [0.717, 1.165) is 5.71 Å². The Morgan fingerprint density at radius 2 is 1.88 bits per heavy atom. The number of aliphatic imine (C=N–C) groups is 1. The largest absolute Gasteiger partial charge is 0.384 e. The van der Waals surface area contributed by atoms with Gasteiger partial charge in [0.05, 0.1) is 0 Å². The van der Waals surface area contributed by atoms with Gasteiger partial charge in [-0.1, -0.05) is 14.0 Å². The Balaban J connectivity index is 0. The maximum Gasteiger partial charge on any atom is 0.115 e. The lowest BCUT2D eigenvalue weighted by atomic mass is 10.5. The van der Waals surface area contributed by atoms with Crippen molar-refractivity contribution in [3.05, 3.63) is 12.4 Å². The molecule has 0 amide bonds. The van der Waals surface area contributed by atoms with Crippen LogP contribution in [0, 0.1) is 0 Å². The lowest BCUT2D eigenvalue weighted by molar-refractivity contribution is 1.25. The molecule has 0 aliphatic rings. The van der Waals surface area contributed by atoms with Crippen LogP contribution in [0.2, 0.25) is 0 Å². The first kappa shape index (κ1) is 10.2. The normalized spacial score (nSPS) is 6.75. The van der Waals surface area contributed by atoms with Crippen LogP contribution >= 0.6 is 0 Å². The summed E-state index contributed by atoms with van der Waals surface area (Å²) in [6.07, 6.45) is 0. The molecule has 0 aliphatic carbocycles. The fourth-order valence-corrected chi connectivity index (χ4v) is 0.287. The first-order valence-corrected chi connectivity index (χ1v) is 2.09. The molecule has 0 rings (SSSR count). The highest BCUT2D eigenvalue weighted by Gasteiger charge is 1.74. The van der Waals surface area contributed by atoms with E-state index >= 15 is 0 Å². The van der Waals surface area contributed by atoms with Crippen LogP contribution in [0.15, 0.2) is 17.4 Å². The van der Waals surface area contributed by atoms with Gasteiger partial charge >= 0.3 is 0 Å².